The molecule has 0 bridgehead atoms. The van der Waals surface area contributed by atoms with Crippen LogP contribution in [0.4, 0.5) is 4.39 Å². The summed E-state index contributed by atoms with van der Waals surface area (Å²) in [6.07, 6.45) is 0. The van der Waals surface area contributed by atoms with Gasteiger partial charge in [0.15, 0.2) is 5.69 Å². The lowest BCUT2D eigenvalue weighted by Crippen LogP contribution is -2.03. The van der Waals surface area contributed by atoms with Crippen molar-refractivity contribution in [2.24, 2.45) is 0 Å². The van der Waals surface area contributed by atoms with Crippen molar-refractivity contribution < 1.29 is 14.3 Å². The van der Waals surface area contributed by atoms with E-state index in [-0.39, 0.29) is 11.4 Å². The van der Waals surface area contributed by atoms with Crippen LogP contribution < -0.4 is 5.69 Å². The molecular formula is C10H7FN2O3. The summed E-state index contributed by atoms with van der Waals surface area (Å²) >= 11 is 0. The standard InChI is InChI=1S/C10H7FN2O3/c11-6-3-1-5(2-4-6)7-8(9(14)15)13-10(16)12-7/h1-4H,(H,14,15)(H2,12,13,16). The first-order chi connectivity index (χ1) is 7.58. The maximum absolute atomic E-state index is 12.7. The minimum atomic E-state index is -1.25. The molecule has 6 heteroatoms. The summed E-state index contributed by atoms with van der Waals surface area (Å²) in [7, 11) is 0. The summed E-state index contributed by atoms with van der Waals surface area (Å²) in [5, 5.41) is 8.83. The molecule has 0 unspecified atom stereocenters. The van der Waals surface area contributed by atoms with Gasteiger partial charge >= 0.3 is 11.7 Å². The zero-order valence-electron chi connectivity index (χ0n) is 7.95. The van der Waals surface area contributed by atoms with Crippen molar-refractivity contribution >= 4 is 5.97 Å². The molecule has 0 aliphatic heterocycles. The fourth-order valence-electron chi connectivity index (χ4n) is 1.38. The molecular weight excluding hydrogens is 215 g/mol. The molecule has 0 atom stereocenters. The Kier molecular flexibility index (Phi) is 2.32. The molecule has 0 amide bonds. The summed E-state index contributed by atoms with van der Waals surface area (Å²) in [4.78, 5) is 26.3. The van der Waals surface area contributed by atoms with Gasteiger partial charge in [0.2, 0.25) is 0 Å². The molecule has 2 aromatic rings. The number of imidazole rings is 1. The topological polar surface area (TPSA) is 85.9 Å². The van der Waals surface area contributed by atoms with Crippen LogP contribution >= 0.6 is 0 Å². The number of H-pyrrole nitrogens is 2. The zero-order chi connectivity index (χ0) is 11.7. The highest BCUT2D eigenvalue weighted by Gasteiger charge is 2.15. The quantitative estimate of drug-likeness (QED) is 0.713. The Bertz CT molecular complexity index is 583. The number of nitrogens with one attached hydrogen (secondary N) is 2. The van der Waals surface area contributed by atoms with Crippen molar-refractivity contribution in [1.82, 2.24) is 9.97 Å². The average molecular weight is 222 g/mol. The molecule has 3 N–H and O–H groups in total. The Hall–Kier alpha value is -2.37. The van der Waals surface area contributed by atoms with Gasteiger partial charge in [0.05, 0.1) is 5.69 Å². The number of hydrogen-bond acceptors (Lipinski definition) is 2. The van der Waals surface area contributed by atoms with Crippen LogP contribution in [0.2, 0.25) is 0 Å². The van der Waals surface area contributed by atoms with E-state index >= 15 is 0 Å². The molecule has 1 aromatic heterocycles. The predicted molar refractivity (Wildman–Crippen MR) is 53.8 cm³/mol. The number of aromatic nitrogens is 2. The number of rotatable bonds is 2. The van der Waals surface area contributed by atoms with Gasteiger partial charge in [0.25, 0.3) is 0 Å². The molecule has 82 valence electrons. The van der Waals surface area contributed by atoms with E-state index in [1.54, 1.807) is 0 Å². The second-order valence-corrected chi connectivity index (χ2v) is 3.14. The highest BCUT2D eigenvalue weighted by molar-refractivity contribution is 5.92. The van der Waals surface area contributed by atoms with Crippen LogP contribution in [0.5, 0.6) is 0 Å². The lowest BCUT2D eigenvalue weighted by atomic mass is 10.1. The van der Waals surface area contributed by atoms with Crippen LogP contribution in [0.25, 0.3) is 11.3 Å². The first kappa shape index (κ1) is 10.2. The second kappa shape index (κ2) is 3.65. The first-order valence-corrected chi connectivity index (χ1v) is 4.39. The number of aromatic carboxylic acids is 1. The molecule has 0 radical (unpaired) electrons. The second-order valence-electron chi connectivity index (χ2n) is 3.14. The molecule has 2 rings (SSSR count). The fraction of sp³-hybridized carbons (Fsp3) is 0. The number of hydrogen-bond donors (Lipinski definition) is 3. The Morgan fingerprint density at radius 1 is 1.19 bits per heavy atom. The molecule has 0 spiro atoms. The van der Waals surface area contributed by atoms with E-state index in [1.165, 1.54) is 24.3 Å². The van der Waals surface area contributed by atoms with Gasteiger partial charge in [-0.25, -0.2) is 14.0 Å². The van der Waals surface area contributed by atoms with Gasteiger partial charge in [-0.05, 0) is 24.3 Å². The monoisotopic (exact) mass is 222 g/mol. The highest BCUT2D eigenvalue weighted by atomic mass is 19.1. The van der Waals surface area contributed by atoms with Crippen LogP contribution in [0, 0.1) is 5.82 Å². The Morgan fingerprint density at radius 2 is 1.81 bits per heavy atom. The molecule has 0 aliphatic carbocycles. The predicted octanol–water partition coefficient (Wildman–Crippen LogP) is 1.21. The highest BCUT2D eigenvalue weighted by Crippen LogP contribution is 2.19. The van der Waals surface area contributed by atoms with Gasteiger partial charge in [0, 0.05) is 5.56 Å². The van der Waals surface area contributed by atoms with Crippen molar-refractivity contribution in [2.45, 2.75) is 0 Å². The van der Waals surface area contributed by atoms with Crippen molar-refractivity contribution in [3.05, 3.63) is 46.3 Å². The molecule has 0 aliphatic rings. The Balaban J connectivity index is 2.59. The summed E-state index contributed by atoms with van der Waals surface area (Å²) in [6.45, 7) is 0. The van der Waals surface area contributed by atoms with Gasteiger partial charge in [-0.15, -0.1) is 0 Å². The van der Waals surface area contributed by atoms with E-state index in [0.717, 1.165) is 0 Å². The molecule has 1 aromatic carbocycles. The smallest absolute Gasteiger partial charge is 0.354 e. The third-order valence-electron chi connectivity index (χ3n) is 2.07. The maximum Gasteiger partial charge on any atom is 0.354 e. The van der Waals surface area contributed by atoms with Crippen LogP contribution in [-0.4, -0.2) is 21.0 Å². The van der Waals surface area contributed by atoms with E-state index < -0.39 is 17.5 Å². The van der Waals surface area contributed by atoms with Crippen LogP contribution in [0.15, 0.2) is 29.1 Å². The SMILES string of the molecule is O=C(O)c1[nH]c(=O)[nH]c1-c1ccc(F)cc1. The lowest BCUT2D eigenvalue weighted by molar-refractivity contribution is 0.0692. The summed E-state index contributed by atoms with van der Waals surface area (Å²) in [5.41, 5.74) is -0.289. The van der Waals surface area contributed by atoms with Crippen LogP contribution in [0.1, 0.15) is 10.5 Å². The van der Waals surface area contributed by atoms with E-state index in [0.29, 0.717) is 5.56 Å². The van der Waals surface area contributed by atoms with Crippen LogP contribution in [-0.2, 0) is 0 Å². The minimum absolute atomic E-state index is 0.137. The molecule has 5 nitrogen and oxygen atoms in total. The van der Waals surface area contributed by atoms with Crippen molar-refractivity contribution in [2.75, 3.05) is 0 Å². The lowest BCUT2D eigenvalue weighted by Gasteiger charge is -1.99. The van der Waals surface area contributed by atoms with Crippen molar-refractivity contribution in [1.29, 1.82) is 0 Å². The summed E-state index contributed by atoms with van der Waals surface area (Å²) in [5.74, 6) is -1.68. The maximum atomic E-state index is 12.7. The number of carboxylic acids is 1. The number of carboxylic acid groups (broad SMARTS) is 1. The Labute approximate surface area is 88.6 Å². The molecule has 0 fully saturated rings. The van der Waals surface area contributed by atoms with Crippen molar-refractivity contribution in [3.8, 4) is 11.3 Å². The van der Waals surface area contributed by atoms with E-state index in [9.17, 15) is 14.0 Å². The molecule has 16 heavy (non-hydrogen) atoms. The minimum Gasteiger partial charge on any atom is -0.477 e. The summed E-state index contributed by atoms with van der Waals surface area (Å²) in [6, 6.07) is 5.15. The first-order valence-electron chi connectivity index (χ1n) is 4.39. The van der Waals surface area contributed by atoms with Gasteiger partial charge in [-0.2, -0.15) is 0 Å². The third kappa shape index (κ3) is 1.72. The number of aromatic amines is 2. The number of carbonyl (C=O) groups is 1. The van der Waals surface area contributed by atoms with Gasteiger partial charge in [-0.3, -0.25) is 4.98 Å². The van der Waals surface area contributed by atoms with Gasteiger partial charge in [0.1, 0.15) is 5.82 Å². The van der Waals surface area contributed by atoms with Gasteiger partial charge < -0.3 is 10.1 Å². The normalized spacial score (nSPS) is 10.3. The van der Waals surface area contributed by atoms with Crippen molar-refractivity contribution in [3.63, 3.8) is 0 Å². The Morgan fingerprint density at radius 3 is 2.38 bits per heavy atom. The third-order valence-corrected chi connectivity index (χ3v) is 2.07. The molecule has 0 saturated carbocycles. The average Bonchev–Trinajstić information content (AvgIpc) is 2.61. The molecule has 0 saturated heterocycles. The van der Waals surface area contributed by atoms with Crippen LogP contribution in [0.3, 0.4) is 0 Å². The van der Waals surface area contributed by atoms with Gasteiger partial charge in [-0.1, -0.05) is 0 Å². The largest absolute Gasteiger partial charge is 0.477 e. The number of benzene rings is 1. The summed E-state index contributed by atoms with van der Waals surface area (Å²) < 4.78 is 12.7. The van der Waals surface area contributed by atoms with E-state index in [1.807, 2.05) is 0 Å². The fourth-order valence-corrected chi connectivity index (χ4v) is 1.38. The number of halogens is 1. The zero-order valence-corrected chi connectivity index (χ0v) is 7.95. The molecule has 1 heterocycles. The van der Waals surface area contributed by atoms with E-state index in [4.69, 9.17) is 5.11 Å². The van der Waals surface area contributed by atoms with E-state index in [2.05, 4.69) is 9.97 Å².